The average molecular weight is 339 g/mol. The molecule has 0 unspecified atom stereocenters. The van der Waals surface area contributed by atoms with Crippen molar-refractivity contribution in [1.29, 1.82) is 0 Å². The van der Waals surface area contributed by atoms with Gasteiger partial charge in [0.15, 0.2) is 0 Å². The van der Waals surface area contributed by atoms with Crippen LogP contribution in [-0.2, 0) is 16.0 Å². The normalized spacial score (nSPS) is 10.1. The highest BCUT2D eigenvalue weighted by Gasteiger charge is 2.04. The van der Waals surface area contributed by atoms with E-state index in [0.717, 1.165) is 29.8 Å². The number of nitrogens with one attached hydrogen (secondary N) is 3. The molecule has 0 fully saturated rings. The van der Waals surface area contributed by atoms with Crippen molar-refractivity contribution in [2.75, 3.05) is 23.7 Å². The number of rotatable bonds is 9. The van der Waals surface area contributed by atoms with Crippen LogP contribution in [0.2, 0.25) is 0 Å². The van der Waals surface area contributed by atoms with Gasteiger partial charge in [0.05, 0.1) is 6.54 Å². The Labute approximate surface area is 148 Å². The van der Waals surface area contributed by atoms with Crippen molar-refractivity contribution in [3.05, 3.63) is 60.2 Å². The van der Waals surface area contributed by atoms with E-state index in [0.29, 0.717) is 13.0 Å². The summed E-state index contributed by atoms with van der Waals surface area (Å²) in [6.07, 6.45) is 2.09. The minimum Gasteiger partial charge on any atom is -0.376 e. The van der Waals surface area contributed by atoms with Gasteiger partial charge in [-0.05, 0) is 42.7 Å². The lowest BCUT2D eigenvalue weighted by atomic mass is 10.1. The Morgan fingerprint density at radius 2 is 1.56 bits per heavy atom. The Balaban J connectivity index is 1.74. The maximum atomic E-state index is 12.0. The van der Waals surface area contributed by atoms with Crippen molar-refractivity contribution >= 4 is 23.2 Å². The van der Waals surface area contributed by atoms with Gasteiger partial charge in [0.25, 0.3) is 0 Å². The first-order valence-corrected chi connectivity index (χ1v) is 8.62. The molecule has 0 atom stereocenters. The molecule has 0 radical (unpaired) electrons. The summed E-state index contributed by atoms with van der Waals surface area (Å²) < 4.78 is 0. The summed E-state index contributed by atoms with van der Waals surface area (Å²) >= 11 is 0. The molecule has 0 aromatic heterocycles. The molecule has 0 bridgehead atoms. The van der Waals surface area contributed by atoms with E-state index in [-0.39, 0.29) is 18.4 Å². The summed E-state index contributed by atoms with van der Waals surface area (Å²) in [5.74, 6) is -0.0383. The van der Waals surface area contributed by atoms with Crippen LogP contribution in [0.25, 0.3) is 0 Å². The molecule has 0 aliphatic heterocycles. The monoisotopic (exact) mass is 339 g/mol. The molecule has 0 aliphatic carbocycles. The highest BCUT2D eigenvalue weighted by atomic mass is 16.2. The molecular formula is C20H25N3O2. The molecule has 0 heterocycles. The molecule has 5 heteroatoms. The molecule has 132 valence electrons. The van der Waals surface area contributed by atoms with Gasteiger partial charge in [-0.15, -0.1) is 0 Å². The zero-order valence-corrected chi connectivity index (χ0v) is 14.5. The molecule has 0 spiro atoms. The van der Waals surface area contributed by atoms with Gasteiger partial charge < -0.3 is 16.0 Å². The lowest BCUT2D eigenvalue weighted by Gasteiger charge is -2.09. The van der Waals surface area contributed by atoms with Crippen LogP contribution in [0.5, 0.6) is 0 Å². The van der Waals surface area contributed by atoms with Crippen LogP contribution in [0.1, 0.15) is 25.3 Å². The molecule has 0 saturated carbocycles. The van der Waals surface area contributed by atoms with Crippen molar-refractivity contribution in [1.82, 2.24) is 5.32 Å². The van der Waals surface area contributed by atoms with Crippen molar-refractivity contribution in [3.8, 4) is 0 Å². The van der Waals surface area contributed by atoms with Crippen molar-refractivity contribution in [2.24, 2.45) is 0 Å². The maximum Gasteiger partial charge on any atom is 0.239 e. The number of anilines is 2. The Morgan fingerprint density at radius 1 is 0.880 bits per heavy atom. The van der Waals surface area contributed by atoms with Gasteiger partial charge in [0, 0.05) is 24.3 Å². The third kappa shape index (κ3) is 7.08. The molecule has 25 heavy (non-hydrogen) atoms. The smallest absolute Gasteiger partial charge is 0.239 e. The summed E-state index contributed by atoms with van der Waals surface area (Å²) in [6.45, 7) is 2.94. The Morgan fingerprint density at radius 3 is 2.24 bits per heavy atom. The van der Waals surface area contributed by atoms with Crippen LogP contribution in [0.4, 0.5) is 11.4 Å². The van der Waals surface area contributed by atoms with Gasteiger partial charge >= 0.3 is 0 Å². The highest BCUT2D eigenvalue weighted by Crippen LogP contribution is 2.14. The van der Waals surface area contributed by atoms with Gasteiger partial charge in [0.1, 0.15) is 0 Å². The zero-order chi connectivity index (χ0) is 17.9. The molecule has 2 amide bonds. The third-order valence-corrected chi connectivity index (χ3v) is 3.68. The van der Waals surface area contributed by atoms with Crippen LogP contribution in [0.3, 0.4) is 0 Å². The van der Waals surface area contributed by atoms with Gasteiger partial charge in [0.2, 0.25) is 11.8 Å². The number of carbonyl (C=O) groups is 2. The highest BCUT2D eigenvalue weighted by molar-refractivity contribution is 5.91. The number of hydrogen-bond acceptors (Lipinski definition) is 3. The van der Waals surface area contributed by atoms with E-state index in [1.54, 1.807) is 0 Å². The summed E-state index contributed by atoms with van der Waals surface area (Å²) in [4.78, 5) is 23.6. The first-order valence-electron chi connectivity index (χ1n) is 8.62. The SMILES string of the molecule is CCCNC(=O)CNc1ccc(NC(=O)CCc2ccccc2)cc1. The second-order valence-corrected chi connectivity index (χ2v) is 5.81. The minimum atomic E-state index is -0.0276. The average Bonchev–Trinajstić information content (AvgIpc) is 2.65. The third-order valence-electron chi connectivity index (χ3n) is 3.68. The van der Waals surface area contributed by atoms with E-state index < -0.39 is 0 Å². The fraction of sp³-hybridized carbons (Fsp3) is 0.300. The summed E-state index contributed by atoms with van der Waals surface area (Å²) in [5, 5.41) is 8.75. The summed E-state index contributed by atoms with van der Waals surface area (Å²) in [7, 11) is 0. The van der Waals surface area contributed by atoms with Crippen LogP contribution in [0.15, 0.2) is 54.6 Å². The molecule has 3 N–H and O–H groups in total. The predicted molar refractivity (Wildman–Crippen MR) is 102 cm³/mol. The van der Waals surface area contributed by atoms with E-state index in [2.05, 4.69) is 16.0 Å². The molecular weight excluding hydrogens is 314 g/mol. The van der Waals surface area contributed by atoms with Gasteiger partial charge in [-0.1, -0.05) is 37.3 Å². The topological polar surface area (TPSA) is 70.2 Å². The van der Waals surface area contributed by atoms with E-state index in [1.165, 1.54) is 0 Å². The number of aryl methyl sites for hydroxylation is 1. The van der Waals surface area contributed by atoms with Gasteiger partial charge in [-0.3, -0.25) is 9.59 Å². The zero-order valence-electron chi connectivity index (χ0n) is 14.5. The second-order valence-electron chi connectivity index (χ2n) is 5.81. The van der Waals surface area contributed by atoms with Crippen LogP contribution >= 0.6 is 0 Å². The van der Waals surface area contributed by atoms with Crippen LogP contribution in [-0.4, -0.2) is 24.9 Å². The molecule has 2 aromatic rings. The number of hydrogen-bond donors (Lipinski definition) is 3. The fourth-order valence-electron chi connectivity index (χ4n) is 2.31. The van der Waals surface area contributed by atoms with Gasteiger partial charge in [-0.25, -0.2) is 0 Å². The predicted octanol–water partition coefficient (Wildman–Crippen LogP) is 3.20. The largest absolute Gasteiger partial charge is 0.376 e. The Hall–Kier alpha value is -2.82. The Bertz CT molecular complexity index is 669. The van der Waals surface area contributed by atoms with Gasteiger partial charge in [-0.2, -0.15) is 0 Å². The van der Waals surface area contributed by atoms with Crippen LogP contribution in [0, 0.1) is 0 Å². The lowest BCUT2D eigenvalue weighted by molar-refractivity contribution is -0.119. The fourth-order valence-corrected chi connectivity index (χ4v) is 2.31. The van der Waals surface area contributed by atoms with Crippen molar-refractivity contribution in [2.45, 2.75) is 26.2 Å². The van der Waals surface area contributed by atoms with E-state index in [9.17, 15) is 9.59 Å². The second kappa shape index (κ2) is 10.1. The Kier molecular flexibility index (Phi) is 7.50. The number of carbonyl (C=O) groups excluding carboxylic acids is 2. The summed E-state index contributed by atoms with van der Waals surface area (Å²) in [6, 6.07) is 17.3. The van der Waals surface area contributed by atoms with E-state index in [1.807, 2.05) is 61.5 Å². The maximum absolute atomic E-state index is 12.0. The molecule has 2 rings (SSSR count). The first-order chi connectivity index (χ1) is 12.2. The van der Waals surface area contributed by atoms with Crippen LogP contribution < -0.4 is 16.0 Å². The lowest BCUT2D eigenvalue weighted by Crippen LogP contribution is -2.30. The minimum absolute atomic E-state index is 0.0106. The van der Waals surface area contributed by atoms with Crippen molar-refractivity contribution in [3.63, 3.8) is 0 Å². The van der Waals surface area contributed by atoms with E-state index in [4.69, 9.17) is 0 Å². The van der Waals surface area contributed by atoms with Crippen molar-refractivity contribution < 1.29 is 9.59 Å². The molecule has 5 nitrogen and oxygen atoms in total. The first kappa shape index (κ1) is 18.5. The number of amides is 2. The molecule has 0 aliphatic rings. The number of benzene rings is 2. The quantitative estimate of drug-likeness (QED) is 0.657. The van der Waals surface area contributed by atoms with E-state index >= 15 is 0 Å². The summed E-state index contributed by atoms with van der Waals surface area (Å²) in [5.41, 5.74) is 2.74. The standard InChI is InChI=1S/C20H25N3O2/c1-2-14-21-20(25)15-22-17-9-11-18(12-10-17)23-19(24)13-8-16-6-4-3-5-7-16/h3-7,9-12,22H,2,8,13-15H2,1H3,(H,21,25)(H,23,24). The molecule has 2 aromatic carbocycles. The molecule has 0 saturated heterocycles.